The lowest BCUT2D eigenvalue weighted by Gasteiger charge is -2.21. The molecule has 0 aliphatic heterocycles. The number of benzene rings is 2. The third-order valence-electron chi connectivity index (χ3n) is 4.26. The molecule has 2 aromatic rings. The molecule has 0 fully saturated rings. The fourth-order valence-corrected chi connectivity index (χ4v) is 2.86. The highest BCUT2D eigenvalue weighted by Gasteiger charge is 2.50. The van der Waals surface area contributed by atoms with Gasteiger partial charge < -0.3 is 0 Å². The van der Waals surface area contributed by atoms with Crippen LogP contribution in [0, 0.1) is 0 Å². The van der Waals surface area contributed by atoms with Crippen molar-refractivity contribution in [3.8, 4) is 0 Å². The summed E-state index contributed by atoms with van der Waals surface area (Å²) >= 11 is 0. The van der Waals surface area contributed by atoms with E-state index in [1.165, 1.54) is 5.56 Å². The molecule has 2 heteroatoms. The van der Waals surface area contributed by atoms with E-state index >= 15 is 0 Å². The first kappa shape index (κ1) is 12.8. The van der Waals surface area contributed by atoms with E-state index < -0.39 is 5.41 Å². The number of ketones is 2. The molecule has 0 bridgehead atoms. The van der Waals surface area contributed by atoms with E-state index in [0.29, 0.717) is 11.1 Å². The van der Waals surface area contributed by atoms with Gasteiger partial charge in [0, 0.05) is 11.1 Å². The number of hydrogen-bond donors (Lipinski definition) is 0. The number of hydrogen-bond acceptors (Lipinski definition) is 2. The smallest absolute Gasteiger partial charge is 0.181 e. The summed E-state index contributed by atoms with van der Waals surface area (Å²) in [5.74, 6) is -0.190. The zero-order valence-corrected chi connectivity index (χ0v) is 11.6. The predicted molar refractivity (Wildman–Crippen MR) is 78.3 cm³/mol. The number of rotatable bonds is 2. The van der Waals surface area contributed by atoms with E-state index in [-0.39, 0.29) is 11.6 Å². The summed E-state index contributed by atoms with van der Waals surface area (Å²) in [6, 6.07) is 14.9. The molecule has 0 aromatic heterocycles. The minimum Gasteiger partial charge on any atom is -0.293 e. The van der Waals surface area contributed by atoms with Crippen LogP contribution in [-0.4, -0.2) is 11.6 Å². The van der Waals surface area contributed by atoms with Crippen molar-refractivity contribution in [3.63, 3.8) is 0 Å². The summed E-state index contributed by atoms with van der Waals surface area (Å²) in [4.78, 5) is 25.3. The quantitative estimate of drug-likeness (QED) is 0.777. The molecule has 20 heavy (non-hydrogen) atoms. The largest absolute Gasteiger partial charge is 0.293 e. The first-order valence-electron chi connectivity index (χ1n) is 6.87. The summed E-state index contributed by atoms with van der Waals surface area (Å²) in [7, 11) is 0. The van der Waals surface area contributed by atoms with Crippen LogP contribution in [0.3, 0.4) is 0 Å². The van der Waals surface area contributed by atoms with Crippen molar-refractivity contribution in [1.29, 1.82) is 0 Å². The Morgan fingerprint density at radius 2 is 1.35 bits per heavy atom. The van der Waals surface area contributed by atoms with Gasteiger partial charge in [-0.3, -0.25) is 9.59 Å². The van der Waals surface area contributed by atoms with Gasteiger partial charge in [0.2, 0.25) is 0 Å². The van der Waals surface area contributed by atoms with E-state index in [0.717, 1.165) is 12.0 Å². The van der Waals surface area contributed by atoms with Crippen LogP contribution in [0.15, 0.2) is 48.5 Å². The first-order chi connectivity index (χ1) is 9.59. The fraction of sp³-hybridized carbons (Fsp3) is 0.222. The van der Waals surface area contributed by atoms with Gasteiger partial charge in [-0.25, -0.2) is 0 Å². The number of fused-ring (bicyclic) bond motifs is 1. The van der Waals surface area contributed by atoms with Crippen molar-refractivity contribution in [3.05, 3.63) is 70.8 Å². The summed E-state index contributed by atoms with van der Waals surface area (Å²) in [5.41, 5.74) is 1.99. The fourth-order valence-electron chi connectivity index (χ4n) is 2.86. The molecule has 2 aromatic carbocycles. The highest BCUT2D eigenvalue weighted by molar-refractivity contribution is 6.32. The van der Waals surface area contributed by atoms with Gasteiger partial charge in [-0.2, -0.15) is 0 Å². The monoisotopic (exact) mass is 264 g/mol. The lowest BCUT2D eigenvalue weighted by molar-refractivity contribution is 0.0810. The van der Waals surface area contributed by atoms with Crippen molar-refractivity contribution in [2.75, 3.05) is 0 Å². The van der Waals surface area contributed by atoms with E-state index in [1.807, 2.05) is 24.3 Å². The van der Waals surface area contributed by atoms with Crippen LogP contribution in [0.5, 0.6) is 0 Å². The first-order valence-corrected chi connectivity index (χ1v) is 6.87. The highest BCUT2D eigenvalue weighted by atomic mass is 16.2. The normalized spacial score (nSPS) is 16.3. The Morgan fingerprint density at radius 1 is 0.850 bits per heavy atom. The molecular weight excluding hydrogens is 248 g/mol. The number of Topliss-reactive ketones (excluding diaryl/α,β-unsaturated/α-hetero) is 2. The van der Waals surface area contributed by atoms with Crippen molar-refractivity contribution in [1.82, 2.24) is 0 Å². The van der Waals surface area contributed by atoms with Gasteiger partial charge in [0.05, 0.1) is 0 Å². The number of carbonyl (C=O) groups excluding carboxylic acids is 2. The third-order valence-corrected chi connectivity index (χ3v) is 4.26. The van der Waals surface area contributed by atoms with Crippen LogP contribution >= 0.6 is 0 Å². The second-order valence-corrected chi connectivity index (χ2v) is 5.38. The Kier molecular flexibility index (Phi) is 2.82. The van der Waals surface area contributed by atoms with Crippen LogP contribution in [-0.2, 0) is 11.8 Å². The van der Waals surface area contributed by atoms with Crippen molar-refractivity contribution in [2.45, 2.75) is 25.7 Å². The Bertz CT molecular complexity index is 661. The predicted octanol–water partition coefficient (Wildman–Crippen LogP) is 3.59. The topological polar surface area (TPSA) is 34.1 Å². The Morgan fingerprint density at radius 3 is 1.80 bits per heavy atom. The van der Waals surface area contributed by atoms with Crippen LogP contribution < -0.4 is 0 Å². The van der Waals surface area contributed by atoms with Gasteiger partial charge in [0.25, 0.3) is 0 Å². The zero-order chi connectivity index (χ0) is 14.3. The van der Waals surface area contributed by atoms with E-state index in [1.54, 1.807) is 31.2 Å². The Labute approximate surface area is 118 Å². The summed E-state index contributed by atoms with van der Waals surface area (Å²) in [6.45, 7) is 3.82. The second kappa shape index (κ2) is 4.41. The van der Waals surface area contributed by atoms with E-state index in [4.69, 9.17) is 0 Å². The molecule has 0 N–H and O–H groups in total. The summed E-state index contributed by atoms with van der Waals surface area (Å²) in [6.07, 6.45) is 0.944. The average Bonchev–Trinajstić information content (AvgIpc) is 2.71. The molecule has 0 heterocycles. The molecule has 2 nitrogen and oxygen atoms in total. The average molecular weight is 264 g/mol. The van der Waals surface area contributed by atoms with Gasteiger partial charge >= 0.3 is 0 Å². The number of carbonyl (C=O) groups is 2. The lowest BCUT2D eigenvalue weighted by Crippen LogP contribution is -2.34. The van der Waals surface area contributed by atoms with E-state index in [2.05, 4.69) is 6.92 Å². The molecule has 0 radical (unpaired) electrons. The lowest BCUT2D eigenvalue weighted by atomic mass is 9.78. The molecule has 0 spiro atoms. The summed E-state index contributed by atoms with van der Waals surface area (Å²) in [5, 5.41) is 0. The van der Waals surface area contributed by atoms with Gasteiger partial charge in [-0.05, 0) is 24.5 Å². The molecule has 0 atom stereocenters. The second-order valence-electron chi connectivity index (χ2n) is 5.38. The highest BCUT2D eigenvalue weighted by Crippen LogP contribution is 2.39. The molecule has 0 amide bonds. The van der Waals surface area contributed by atoms with Crippen LogP contribution in [0.25, 0.3) is 0 Å². The molecule has 100 valence electrons. The van der Waals surface area contributed by atoms with Gasteiger partial charge in [-0.15, -0.1) is 0 Å². The molecule has 3 rings (SSSR count). The summed E-state index contributed by atoms with van der Waals surface area (Å²) < 4.78 is 0. The van der Waals surface area contributed by atoms with Crippen LogP contribution in [0.4, 0.5) is 0 Å². The SMILES string of the molecule is CCc1ccc(C2(C)C(=O)c3ccccc3C2=O)cc1. The van der Waals surface area contributed by atoms with Crippen LogP contribution in [0.1, 0.15) is 45.7 Å². The van der Waals surface area contributed by atoms with Gasteiger partial charge in [0.1, 0.15) is 5.41 Å². The van der Waals surface area contributed by atoms with Crippen molar-refractivity contribution >= 4 is 11.6 Å². The maximum Gasteiger partial charge on any atom is 0.181 e. The van der Waals surface area contributed by atoms with Gasteiger partial charge in [-0.1, -0.05) is 55.5 Å². The van der Waals surface area contributed by atoms with E-state index in [9.17, 15) is 9.59 Å². The molecule has 1 aliphatic rings. The molecule has 0 saturated carbocycles. The molecule has 1 aliphatic carbocycles. The zero-order valence-electron chi connectivity index (χ0n) is 11.6. The van der Waals surface area contributed by atoms with Crippen LogP contribution in [0.2, 0.25) is 0 Å². The maximum absolute atomic E-state index is 12.7. The van der Waals surface area contributed by atoms with Crippen molar-refractivity contribution in [2.24, 2.45) is 0 Å². The van der Waals surface area contributed by atoms with Crippen molar-refractivity contribution < 1.29 is 9.59 Å². The maximum atomic E-state index is 12.7. The number of aryl methyl sites for hydroxylation is 1. The molecule has 0 unspecified atom stereocenters. The Balaban J connectivity index is 2.13. The minimum absolute atomic E-state index is 0.0950. The Hall–Kier alpha value is -2.22. The van der Waals surface area contributed by atoms with Gasteiger partial charge in [0.15, 0.2) is 11.6 Å². The standard InChI is InChI=1S/C18H16O2/c1-3-12-8-10-13(11-9-12)18(2)16(19)14-6-4-5-7-15(14)17(18)20/h4-11H,3H2,1-2H3. The minimum atomic E-state index is -1.07. The molecule has 0 saturated heterocycles. The third kappa shape index (κ3) is 1.58. The molecular formula is C18H16O2.